The van der Waals surface area contributed by atoms with Gasteiger partial charge in [-0.3, -0.25) is 4.79 Å². The second-order valence-electron chi connectivity index (χ2n) is 4.43. The maximum absolute atomic E-state index is 11.8. The smallest absolute Gasteiger partial charge is 0.341 e. The van der Waals surface area contributed by atoms with Crippen LogP contribution < -0.4 is 5.32 Å². The Hall–Kier alpha value is -2.11. The number of rotatable bonds is 4. The molecule has 0 fully saturated rings. The van der Waals surface area contributed by atoms with Gasteiger partial charge in [0.1, 0.15) is 5.15 Å². The highest BCUT2D eigenvalue weighted by molar-refractivity contribution is 6.32. The summed E-state index contributed by atoms with van der Waals surface area (Å²) in [5.74, 6) is -1.19. The van der Waals surface area contributed by atoms with Crippen LogP contribution in [-0.2, 0) is 9.53 Å². The molecule has 7 heteroatoms. The summed E-state index contributed by atoms with van der Waals surface area (Å²) in [7, 11) is 0. The molecule has 2 aromatic rings. The van der Waals surface area contributed by atoms with Crippen molar-refractivity contribution in [1.29, 1.82) is 0 Å². The van der Waals surface area contributed by atoms with Crippen LogP contribution in [0, 0.1) is 6.92 Å². The number of aromatic nitrogens is 1. The number of halogens is 2. The van der Waals surface area contributed by atoms with Gasteiger partial charge in [0, 0.05) is 16.9 Å². The number of nitrogens with one attached hydrogen (secondary N) is 1. The van der Waals surface area contributed by atoms with Gasteiger partial charge in [0.25, 0.3) is 5.91 Å². The molecule has 22 heavy (non-hydrogen) atoms. The molecule has 0 unspecified atom stereocenters. The lowest BCUT2D eigenvalue weighted by molar-refractivity contribution is -0.119. The van der Waals surface area contributed by atoms with Crippen LogP contribution in [0.3, 0.4) is 0 Å². The number of amides is 1. The molecule has 1 heterocycles. The first-order valence-corrected chi connectivity index (χ1v) is 7.06. The van der Waals surface area contributed by atoms with E-state index < -0.39 is 18.5 Å². The Bertz CT molecular complexity index is 720. The van der Waals surface area contributed by atoms with Crippen molar-refractivity contribution in [2.75, 3.05) is 11.9 Å². The van der Waals surface area contributed by atoms with E-state index in [1.165, 1.54) is 12.3 Å². The normalized spacial score (nSPS) is 10.1. The van der Waals surface area contributed by atoms with Crippen molar-refractivity contribution in [3.05, 3.63) is 57.8 Å². The fraction of sp³-hybridized carbons (Fsp3) is 0.133. The predicted octanol–water partition coefficient (Wildman–Crippen LogP) is 3.49. The van der Waals surface area contributed by atoms with Gasteiger partial charge in [0.2, 0.25) is 0 Å². The number of esters is 1. The van der Waals surface area contributed by atoms with Crippen molar-refractivity contribution in [3.8, 4) is 0 Å². The first-order chi connectivity index (χ1) is 10.5. The van der Waals surface area contributed by atoms with Crippen LogP contribution in [0.25, 0.3) is 0 Å². The number of ether oxygens (including phenoxy) is 1. The van der Waals surface area contributed by atoms with Crippen LogP contribution in [-0.4, -0.2) is 23.5 Å². The van der Waals surface area contributed by atoms with E-state index >= 15 is 0 Å². The summed E-state index contributed by atoms with van der Waals surface area (Å²) in [6, 6.07) is 8.14. The lowest BCUT2D eigenvalue weighted by Crippen LogP contribution is -2.21. The summed E-state index contributed by atoms with van der Waals surface area (Å²) < 4.78 is 4.90. The number of nitrogens with zero attached hydrogens (tertiary/aromatic N) is 1. The van der Waals surface area contributed by atoms with Crippen molar-refractivity contribution >= 4 is 40.8 Å². The molecule has 0 saturated heterocycles. The molecule has 5 nitrogen and oxygen atoms in total. The van der Waals surface area contributed by atoms with Gasteiger partial charge in [0.05, 0.1) is 5.56 Å². The fourth-order valence-electron chi connectivity index (χ4n) is 1.66. The fourth-order valence-corrected chi connectivity index (χ4v) is 2.03. The van der Waals surface area contributed by atoms with Gasteiger partial charge in [-0.15, -0.1) is 0 Å². The van der Waals surface area contributed by atoms with E-state index in [0.717, 1.165) is 5.56 Å². The van der Waals surface area contributed by atoms with Crippen LogP contribution in [0.5, 0.6) is 0 Å². The molecular formula is C15H12Cl2N2O3. The van der Waals surface area contributed by atoms with Gasteiger partial charge in [0.15, 0.2) is 6.61 Å². The van der Waals surface area contributed by atoms with Crippen LogP contribution in [0.4, 0.5) is 5.69 Å². The zero-order chi connectivity index (χ0) is 16.1. The van der Waals surface area contributed by atoms with Crippen molar-refractivity contribution < 1.29 is 14.3 Å². The van der Waals surface area contributed by atoms with Crippen molar-refractivity contribution in [1.82, 2.24) is 4.98 Å². The Morgan fingerprint density at radius 1 is 1.27 bits per heavy atom. The third kappa shape index (κ3) is 4.19. The number of benzene rings is 1. The largest absolute Gasteiger partial charge is 0.452 e. The lowest BCUT2D eigenvalue weighted by Gasteiger charge is -2.09. The lowest BCUT2D eigenvalue weighted by atomic mass is 10.2. The molecule has 0 radical (unpaired) electrons. The minimum absolute atomic E-state index is 0.0265. The Morgan fingerprint density at radius 3 is 2.77 bits per heavy atom. The van der Waals surface area contributed by atoms with Gasteiger partial charge in [-0.05, 0) is 36.8 Å². The Kier molecular flexibility index (Phi) is 5.35. The first kappa shape index (κ1) is 16.3. The topological polar surface area (TPSA) is 68.3 Å². The molecule has 114 valence electrons. The Balaban J connectivity index is 1.94. The van der Waals surface area contributed by atoms with Crippen molar-refractivity contribution in [2.24, 2.45) is 0 Å². The number of hydrogen-bond acceptors (Lipinski definition) is 4. The minimum Gasteiger partial charge on any atom is -0.452 e. The second kappa shape index (κ2) is 7.24. The summed E-state index contributed by atoms with van der Waals surface area (Å²) in [5.41, 5.74) is 1.52. The summed E-state index contributed by atoms with van der Waals surface area (Å²) >= 11 is 11.6. The molecule has 0 bridgehead atoms. The minimum atomic E-state index is -0.712. The maximum atomic E-state index is 11.8. The summed E-state index contributed by atoms with van der Waals surface area (Å²) in [6.07, 6.45) is 1.45. The molecule has 0 atom stereocenters. The van der Waals surface area contributed by atoms with Crippen LogP contribution in [0.2, 0.25) is 10.2 Å². The molecule has 1 N–H and O–H groups in total. The van der Waals surface area contributed by atoms with E-state index in [2.05, 4.69) is 10.3 Å². The molecule has 1 aromatic carbocycles. The number of pyridine rings is 1. The van der Waals surface area contributed by atoms with Crippen LogP contribution >= 0.6 is 23.2 Å². The van der Waals surface area contributed by atoms with Gasteiger partial charge in [-0.2, -0.15) is 0 Å². The Morgan fingerprint density at radius 2 is 2.05 bits per heavy atom. The molecular weight excluding hydrogens is 327 g/mol. The van der Waals surface area contributed by atoms with Gasteiger partial charge in [-0.1, -0.05) is 29.3 Å². The SMILES string of the molecule is Cc1ccc(Cl)cc1NC(=O)COC(=O)c1cccnc1Cl. The third-order valence-electron chi connectivity index (χ3n) is 2.79. The van der Waals surface area contributed by atoms with Gasteiger partial charge in [-0.25, -0.2) is 9.78 Å². The zero-order valence-electron chi connectivity index (χ0n) is 11.6. The zero-order valence-corrected chi connectivity index (χ0v) is 13.1. The average Bonchev–Trinajstić information content (AvgIpc) is 2.49. The number of carbonyl (C=O) groups excluding carboxylic acids is 2. The molecule has 0 aliphatic carbocycles. The summed E-state index contributed by atoms with van der Waals surface area (Å²) in [5, 5.41) is 3.15. The number of aryl methyl sites for hydroxylation is 1. The van der Waals surface area contributed by atoms with E-state index in [1.807, 2.05) is 6.92 Å². The number of anilines is 1. The van der Waals surface area contributed by atoms with Gasteiger partial charge < -0.3 is 10.1 Å². The monoisotopic (exact) mass is 338 g/mol. The third-order valence-corrected chi connectivity index (χ3v) is 3.32. The number of carbonyl (C=O) groups is 2. The molecule has 0 aliphatic rings. The molecule has 1 amide bonds. The Labute approximate surface area is 137 Å². The highest BCUT2D eigenvalue weighted by atomic mass is 35.5. The van der Waals surface area contributed by atoms with Crippen molar-refractivity contribution in [2.45, 2.75) is 6.92 Å². The van der Waals surface area contributed by atoms with Crippen LogP contribution in [0.1, 0.15) is 15.9 Å². The quantitative estimate of drug-likeness (QED) is 0.684. The summed E-state index contributed by atoms with van der Waals surface area (Å²) in [4.78, 5) is 27.4. The molecule has 0 aliphatic heterocycles. The van der Waals surface area contributed by atoms with Crippen molar-refractivity contribution in [3.63, 3.8) is 0 Å². The van der Waals surface area contributed by atoms with E-state index in [0.29, 0.717) is 10.7 Å². The number of hydrogen-bond donors (Lipinski definition) is 1. The maximum Gasteiger partial charge on any atom is 0.341 e. The molecule has 0 spiro atoms. The first-order valence-electron chi connectivity index (χ1n) is 6.31. The van der Waals surface area contributed by atoms with Gasteiger partial charge >= 0.3 is 5.97 Å². The van der Waals surface area contributed by atoms with E-state index in [1.54, 1.807) is 24.3 Å². The average molecular weight is 339 g/mol. The van der Waals surface area contributed by atoms with Crippen LogP contribution in [0.15, 0.2) is 36.5 Å². The molecule has 2 rings (SSSR count). The molecule has 1 aromatic heterocycles. The summed E-state index contributed by atoms with van der Waals surface area (Å²) in [6.45, 7) is 1.39. The van der Waals surface area contributed by atoms with E-state index in [-0.39, 0.29) is 10.7 Å². The second-order valence-corrected chi connectivity index (χ2v) is 5.22. The highest BCUT2D eigenvalue weighted by Crippen LogP contribution is 2.20. The standard InChI is InChI=1S/C15H12Cl2N2O3/c1-9-4-5-10(16)7-12(9)19-13(20)8-22-15(21)11-3-2-6-18-14(11)17/h2-7H,8H2,1H3,(H,19,20). The molecule has 0 saturated carbocycles. The predicted molar refractivity (Wildman–Crippen MR) is 84.3 cm³/mol. The van der Waals surface area contributed by atoms with E-state index in [4.69, 9.17) is 27.9 Å². The highest BCUT2D eigenvalue weighted by Gasteiger charge is 2.14. The van der Waals surface area contributed by atoms with E-state index in [9.17, 15) is 9.59 Å².